The summed E-state index contributed by atoms with van der Waals surface area (Å²) in [6, 6.07) is 8.31. The van der Waals surface area contributed by atoms with Crippen molar-refractivity contribution in [1.82, 2.24) is 4.98 Å². The number of nitrogens with zero attached hydrogens (tertiary/aromatic N) is 1. The molecule has 1 aliphatic carbocycles. The van der Waals surface area contributed by atoms with Gasteiger partial charge in [-0.3, -0.25) is 0 Å². The first kappa shape index (κ1) is 32.0. The van der Waals surface area contributed by atoms with E-state index in [-0.39, 0.29) is 36.4 Å². The number of carboxylic acids is 1. The van der Waals surface area contributed by atoms with Crippen LogP contribution in [0.1, 0.15) is 108 Å². The Kier molecular flexibility index (Phi) is 10.3. The van der Waals surface area contributed by atoms with Crippen LogP contribution in [0.3, 0.4) is 0 Å². The zero-order valence-corrected chi connectivity index (χ0v) is 28.3. The summed E-state index contributed by atoms with van der Waals surface area (Å²) >= 11 is -0.0382. The molecule has 7 heteroatoms. The van der Waals surface area contributed by atoms with E-state index in [9.17, 15) is 9.90 Å². The molecule has 5 nitrogen and oxygen atoms in total. The van der Waals surface area contributed by atoms with Crippen molar-refractivity contribution in [3.05, 3.63) is 52.7 Å². The molecule has 0 saturated carbocycles. The number of ether oxygens (including phenoxy) is 1. The second-order valence-corrected chi connectivity index (χ2v) is 20.8. The van der Waals surface area contributed by atoms with Gasteiger partial charge >= 0.3 is 224 Å². The molecule has 3 rings (SSSR count). The molecular weight excluding hydrogens is 569 g/mol. The van der Waals surface area contributed by atoms with E-state index < -0.39 is 14.3 Å². The predicted octanol–water partition coefficient (Wildman–Crippen LogP) is 6.49. The van der Waals surface area contributed by atoms with Crippen molar-refractivity contribution in [3.8, 4) is 0 Å². The van der Waals surface area contributed by atoms with Gasteiger partial charge in [0.2, 0.25) is 0 Å². The summed E-state index contributed by atoms with van der Waals surface area (Å²) in [6.07, 6.45) is 7.02. The van der Waals surface area contributed by atoms with Gasteiger partial charge in [0.1, 0.15) is 0 Å². The summed E-state index contributed by atoms with van der Waals surface area (Å²) < 4.78 is 14.8. The summed E-state index contributed by atoms with van der Waals surface area (Å²) in [5, 5.41) is 9.50. The van der Waals surface area contributed by atoms with E-state index in [0.717, 1.165) is 37.1 Å². The molecule has 0 saturated heterocycles. The van der Waals surface area contributed by atoms with Gasteiger partial charge in [-0.2, -0.15) is 0 Å². The summed E-state index contributed by atoms with van der Waals surface area (Å²) in [6.45, 7) is 23.1. The van der Waals surface area contributed by atoms with Crippen LogP contribution in [-0.2, 0) is 26.6 Å². The van der Waals surface area contributed by atoms with Crippen LogP contribution in [0.25, 0.3) is 0 Å². The van der Waals surface area contributed by atoms with Crippen molar-refractivity contribution in [2.75, 3.05) is 13.2 Å². The van der Waals surface area contributed by atoms with E-state index in [1.807, 2.05) is 6.07 Å². The molecular formula is C32H49NO4SeSi. The maximum atomic E-state index is 11.3. The fourth-order valence-corrected chi connectivity index (χ4v) is 7.70. The van der Waals surface area contributed by atoms with Gasteiger partial charge in [-0.15, -0.1) is 0 Å². The molecule has 1 heterocycles. The predicted molar refractivity (Wildman–Crippen MR) is 165 cm³/mol. The van der Waals surface area contributed by atoms with E-state index in [1.165, 1.54) is 40.2 Å². The minimum absolute atomic E-state index is 0.0382. The Morgan fingerprint density at radius 2 is 1.62 bits per heavy atom. The number of benzene rings is 1. The number of hydrogen-bond donors (Lipinski definition) is 1. The van der Waals surface area contributed by atoms with Crippen LogP contribution < -0.4 is 9.05 Å². The van der Waals surface area contributed by atoms with Crippen LogP contribution in [0.15, 0.2) is 30.5 Å². The molecule has 1 aromatic carbocycles. The van der Waals surface area contributed by atoms with Crippen molar-refractivity contribution < 1.29 is 19.1 Å². The van der Waals surface area contributed by atoms with E-state index in [4.69, 9.17) is 9.16 Å². The molecule has 1 aliphatic rings. The van der Waals surface area contributed by atoms with E-state index >= 15 is 0 Å². The van der Waals surface area contributed by atoms with E-state index in [2.05, 4.69) is 78.7 Å². The Morgan fingerprint density at radius 1 is 1.00 bits per heavy atom. The molecule has 39 heavy (non-hydrogen) atoms. The number of carbonyl (C=O) groups is 1. The molecule has 0 amide bonds. The monoisotopic (exact) mass is 619 g/mol. The van der Waals surface area contributed by atoms with Crippen LogP contribution in [0.5, 0.6) is 0 Å². The quantitative estimate of drug-likeness (QED) is 0.218. The average Bonchev–Trinajstić information content (AvgIpc) is 2.83. The third-order valence-corrected chi connectivity index (χ3v) is 15.4. The summed E-state index contributed by atoms with van der Waals surface area (Å²) in [5.74, 6) is -0.944. The zero-order chi connectivity index (χ0) is 29.1. The average molecular weight is 619 g/mol. The number of hydrogen-bond acceptors (Lipinski definition) is 4. The fourth-order valence-electron chi connectivity index (χ4n) is 4.74. The van der Waals surface area contributed by atoms with Crippen LogP contribution in [0, 0.1) is 0 Å². The number of rotatable bonds is 12. The molecule has 0 radical (unpaired) electrons. The Hall–Kier alpha value is -1.50. The number of carboxylic acid groups (broad SMARTS) is 1. The van der Waals surface area contributed by atoms with Crippen LogP contribution >= 0.6 is 0 Å². The molecule has 0 aliphatic heterocycles. The minimum atomic E-state index is -1.67. The van der Waals surface area contributed by atoms with Crippen LogP contribution in [-0.4, -0.2) is 52.5 Å². The second-order valence-electron chi connectivity index (χ2n) is 13.8. The van der Waals surface area contributed by atoms with Crippen molar-refractivity contribution in [2.24, 2.45) is 0 Å². The standard InChI is InChI=1S/C32H49NO4SeSi/c1-30(2,3)39(8,9)37-18-12-10-11-17-36-22-24-19-25-26(32(6,7)16-15-31(25,4)5)20-27(24)38-28-14-13-23(21-33-28)29(34)35/h13-14,19-21H,10-12,15-18,22H2,1-9H3,(H,34,35). The van der Waals surface area contributed by atoms with Gasteiger partial charge in [-0.1, -0.05) is 20.8 Å². The molecule has 0 fully saturated rings. The normalized spacial score (nSPS) is 16.6. The van der Waals surface area contributed by atoms with Crippen LogP contribution in [0.4, 0.5) is 0 Å². The van der Waals surface area contributed by atoms with Gasteiger partial charge < -0.3 is 0 Å². The first-order chi connectivity index (χ1) is 18.0. The number of aromatic nitrogens is 1. The van der Waals surface area contributed by atoms with Gasteiger partial charge in [0.25, 0.3) is 0 Å². The molecule has 0 bridgehead atoms. The van der Waals surface area contributed by atoms with Crippen molar-refractivity contribution in [2.45, 2.75) is 116 Å². The Labute approximate surface area is 243 Å². The van der Waals surface area contributed by atoms with E-state index in [1.54, 1.807) is 6.07 Å². The number of fused-ring (bicyclic) bond motifs is 1. The first-order valence-electron chi connectivity index (χ1n) is 14.3. The SMILES string of the molecule is CC1(C)CCC(C)(C)c2cc([Se]c3ccc(C(=O)O)cn3)c(COCCCCCO[Si](C)(C)C(C)(C)C)cc21. The molecule has 216 valence electrons. The fraction of sp³-hybridized carbons (Fsp3) is 0.625. The Morgan fingerprint density at radius 3 is 2.18 bits per heavy atom. The summed E-state index contributed by atoms with van der Waals surface area (Å²) in [4.78, 5) is 15.8. The van der Waals surface area contributed by atoms with Crippen LogP contribution in [0.2, 0.25) is 18.1 Å². The molecule has 0 unspecified atom stereocenters. The van der Waals surface area contributed by atoms with E-state index in [0.29, 0.717) is 6.61 Å². The summed E-state index contributed by atoms with van der Waals surface area (Å²) in [7, 11) is -1.67. The van der Waals surface area contributed by atoms with Gasteiger partial charge in [-0.05, 0) is 0 Å². The molecule has 2 aromatic rings. The number of pyridine rings is 1. The molecule has 0 spiro atoms. The summed E-state index contributed by atoms with van der Waals surface area (Å²) in [5.41, 5.74) is 4.60. The van der Waals surface area contributed by atoms with Gasteiger partial charge in [-0.25, -0.2) is 0 Å². The van der Waals surface area contributed by atoms with Gasteiger partial charge in [0.15, 0.2) is 0 Å². The number of unbranched alkanes of at least 4 members (excludes halogenated alkanes) is 2. The van der Waals surface area contributed by atoms with Crippen molar-refractivity contribution in [1.29, 1.82) is 0 Å². The molecule has 0 atom stereocenters. The second kappa shape index (κ2) is 12.6. The first-order valence-corrected chi connectivity index (χ1v) is 18.9. The molecule has 1 aromatic heterocycles. The van der Waals surface area contributed by atoms with Crippen molar-refractivity contribution in [3.63, 3.8) is 0 Å². The number of aromatic carboxylic acids is 1. The third-order valence-electron chi connectivity index (χ3n) is 8.69. The Bertz CT molecular complexity index is 1140. The van der Waals surface area contributed by atoms with Gasteiger partial charge in [0.05, 0.1) is 0 Å². The van der Waals surface area contributed by atoms with Crippen molar-refractivity contribution >= 4 is 38.3 Å². The third kappa shape index (κ3) is 8.26. The zero-order valence-electron chi connectivity index (χ0n) is 25.6. The Balaban J connectivity index is 1.68. The topological polar surface area (TPSA) is 68.7 Å². The van der Waals surface area contributed by atoms with Gasteiger partial charge in [0, 0.05) is 0 Å². The maximum absolute atomic E-state index is 11.3. The molecule has 1 N–H and O–H groups in total.